The number of nitrogens with zero attached hydrogens (tertiary/aromatic N) is 1. The number of ether oxygens (including phenoxy) is 1. The van der Waals surface area contributed by atoms with Crippen molar-refractivity contribution in [2.24, 2.45) is 0 Å². The van der Waals surface area contributed by atoms with Gasteiger partial charge in [-0.05, 0) is 6.92 Å². The average molecular weight is 259 g/mol. The van der Waals surface area contributed by atoms with Crippen molar-refractivity contribution in [2.45, 2.75) is 31.5 Å². The highest BCUT2D eigenvalue weighted by Gasteiger charge is 2.45. The zero-order valence-electron chi connectivity index (χ0n) is 9.54. The van der Waals surface area contributed by atoms with E-state index in [1.54, 1.807) is 0 Å². The van der Waals surface area contributed by atoms with Gasteiger partial charge in [-0.1, -0.05) is 0 Å². The second-order valence-corrected chi connectivity index (χ2v) is 4.16. The van der Waals surface area contributed by atoms with E-state index in [0.717, 1.165) is 10.8 Å². The zero-order valence-corrected chi connectivity index (χ0v) is 9.54. The maximum atomic E-state index is 13.8. The van der Waals surface area contributed by atoms with Gasteiger partial charge in [-0.3, -0.25) is 14.3 Å². The fourth-order valence-electron chi connectivity index (χ4n) is 1.85. The Balaban J connectivity index is 2.42. The first-order chi connectivity index (χ1) is 8.45. The fraction of sp³-hybridized carbons (Fsp3) is 0.600. The molecule has 0 spiro atoms. The van der Waals surface area contributed by atoms with Crippen LogP contribution in [0, 0.1) is 6.92 Å². The second kappa shape index (κ2) is 4.63. The third-order valence-corrected chi connectivity index (χ3v) is 2.89. The predicted octanol–water partition coefficient (Wildman–Crippen LogP) is -1.57. The minimum absolute atomic E-state index is 0.215. The first kappa shape index (κ1) is 12.9. The number of nitrogens with one attached hydrogen (secondary N) is 1. The van der Waals surface area contributed by atoms with E-state index in [4.69, 9.17) is 9.84 Å². The molecule has 1 aromatic heterocycles. The number of aromatic amines is 1. The summed E-state index contributed by atoms with van der Waals surface area (Å²) in [5.41, 5.74) is -1.18. The van der Waals surface area contributed by atoms with Crippen LogP contribution in [0.1, 0.15) is 11.8 Å². The molecule has 1 fully saturated rings. The molecular weight excluding hydrogens is 246 g/mol. The van der Waals surface area contributed by atoms with Gasteiger partial charge in [-0.2, -0.15) is 0 Å². The molecule has 2 rings (SSSR count). The van der Waals surface area contributed by atoms with Crippen molar-refractivity contribution in [3.05, 3.63) is 32.6 Å². The normalized spacial score (nSPS) is 31.8. The summed E-state index contributed by atoms with van der Waals surface area (Å²) in [4.78, 5) is 24.7. The van der Waals surface area contributed by atoms with Gasteiger partial charge in [0.1, 0.15) is 12.2 Å². The molecule has 2 heterocycles. The van der Waals surface area contributed by atoms with Crippen LogP contribution in [0.15, 0.2) is 15.8 Å². The molecule has 7 nitrogen and oxygen atoms in total. The lowest BCUT2D eigenvalue weighted by Gasteiger charge is -2.15. The number of rotatable bonds is 2. The van der Waals surface area contributed by atoms with Crippen LogP contribution in [-0.4, -0.2) is 44.8 Å². The van der Waals surface area contributed by atoms with Crippen LogP contribution in [0.4, 0.5) is 4.39 Å². The van der Waals surface area contributed by atoms with Crippen LogP contribution in [0.5, 0.6) is 0 Å². The molecule has 0 bridgehead atoms. The lowest BCUT2D eigenvalue weighted by molar-refractivity contribution is -0.0492. The summed E-state index contributed by atoms with van der Waals surface area (Å²) in [5.74, 6) is 0. The van der Waals surface area contributed by atoms with Crippen molar-refractivity contribution >= 4 is 0 Å². The smallest absolute Gasteiger partial charge is 0.330 e. The van der Waals surface area contributed by atoms with Crippen molar-refractivity contribution in [3.8, 4) is 0 Å². The van der Waals surface area contributed by atoms with Crippen LogP contribution in [0.3, 0.4) is 0 Å². The number of H-pyrrole nitrogens is 1. The third kappa shape index (κ3) is 1.98. The number of alkyl halides is 1. The Bertz CT molecular complexity index is 554. The summed E-state index contributed by atoms with van der Waals surface area (Å²) < 4.78 is 19.7. The van der Waals surface area contributed by atoms with E-state index in [1.807, 2.05) is 4.98 Å². The Labute approximate surface area is 100 Å². The number of hydrogen-bond donors (Lipinski definition) is 3. The molecule has 0 unspecified atom stereocenters. The summed E-state index contributed by atoms with van der Waals surface area (Å²) in [6.45, 7) is 0.895. The maximum absolute atomic E-state index is 13.8. The van der Waals surface area contributed by atoms with Crippen molar-refractivity contribution in [1.82, 2.24) is 9.55 Å². The molecule has 1 aliphatic rings. The molecule has 0 amide bonds. The van der Waals surface area contributed by atoms with E-state index in [2.05, 4.69) is 0 Å². The fourth-order valence-corrected chi connectivity index (χ4v) is 1.85. The Morgan fingerprint density at radius 1 is 1.56 bits per heavy atom. The number of aliphatic hydroxyl groups is 2. The summed E-state index contributed by atoms with van der Waals surface area (Å²) in [5, 5.41) is 18.3. The molecule has 3 N–H and O–H groups in total. The van der Waals surface area contributed by atoms with Gasteiger partial charge < -0.3 is 14.9 Å². The quantitative estimate of drug-likeness (QED) is 0.595. The van der Waals surface area contributed by atoms with Crippen LogP contribution >= 0.6 is 0 Å². The maximum Gasteiger partial charge on any atom is 0.330 e. The van der Waals surface area contributed by atoms with Gasteiger partial charge in [-0.25, -0.2) is 9.18 Å². The van der Waals surface area contributed by atoms with Crippen LogP contribution in [0.2, 0.25) is 0 Å². The molecule has 1 aliphatic heterocycles. The van der Waals surface area contributed by atoms with E-state index in [0.29, 0.717) is 0 Å². The summed E-state index contributed by atoms with van der Waals surface area (Å²) in [7, 11) is 0. The number of hydrogen-bond acceptors (Lipinski definition) is 5. The van der Waals surface area contributed by atoms with E-state index in [1.165, 1.54) is 6.92 Å². The SMILES string of the molecule is Cc1cn([C@H]2O[C@@H](CO)[C@H](O)[C@H]2[18F])c(=O)[nH]c1=O. The van der Waals surface area contributed by atoms with Gasteiger partial charge in [0, 0.05) is 11.8 Å². The van der Waals surface area contributed by atoms with Crippen LogP contribution in [0.25, 0.3) is 0 Å². The first-order valence-corrected chi connectivity index (χ1v) is 5.36. The van der Waals surface area contributed by atoms with Crippen molar-refractivity contribution in [1.29, 1.82) is 0 Å². The number of halogens is 1. The third-order valence-electron chi connectivity index (χ3n) is 2.89. The van der Waals surface area contributed by atoms with Crippen molar-refractivity contribution in [3.63, 3.8) is 0 Å². The first-order valence-electron chi connectivity index (χ1n) is 5.36. The number of aliphatic hydroxyl groups excluding tert-OH is 2. The number of aromatic nitrogens is 2. The second-order valence-electron chi connectivity index (χ2n) is 4.16. The van der Waals surface area contributed by atoms with Gasteiger partial charge in [0.05, 0.1) is 6.61 Å². The molecule has 4 atom stereocenters. The number of aryl methyl sites for hydroxylation is 1. The van der Waals surface area contributed by atoms with E-state index in [9.17, 15) is 19.1 Å². The summed E-state index contributed by atoms with van der Waals surface area (Å²) >= 11 is 0. The van der Waals surface area contributed by atoms with E-state index in [-0.39, 0.29) is 5.56 Å². The molecule has 100 valence electrons. The van der Waals surface area contributed by atoms with Gasteiger partial charge in [0.25, 0.3) is 5.56 Å². The molecular formula is C10H13FN2O5. The average Bonchev–Trinajstić information content (AvgIpc) is 2.61. The Morgan fingerprint density at radius 2 is 2.22 bits per heavy atom. The molecule has 8 heteroatoms. The molecule has 18 heavy (non-hydrogen) atoms. The summed E-state index contributed by atoms with van der Waals surface area (Å²) in [6, 6.07) is 0. The van der Waals surface area contributed by atoms with E-state index < -0.39 is 42.5 Å². The standard InChI is InChI=1S/C10H13FN2O5/c1-4-2-13(10(17)12-8(4)16)9-6(11)7(15)5(3-14)18-9/h2,5-7,9,14-15H,3H2,1H3,(H,12,16,17)/t5-,6+,7-,9-/m0/s1/i11-1. The largest absolute Gasteiger partial charge is 0.394 e. The van der Waals surface area contributed by atoms with Crippen molar-refractivity contribution in [2.75, 3.05) is 6.61 Å². The summed E-state index contributed by atoms with van der Waals surface area (Å²) in [6.07, 6.45) is -4.67. The van der Waals surface area contributed by atoms with Gasteiger partial charge in [0.15, 0.2) is 12.4 Å². The molecule has 0 aliphatic carbocycles. The monoisotopic (exact) mass is 259 g/mol. The Kier molecular flexibility index (Phi) is 3.33. The molecule has 1 aromatic rings. The van der Waals surface area contributed by atoms with Gasteiger partial charge in [-0.15, -0.1) is 0 Å². The Morgan fingerprint density at radius 3 is 2.78 bits per heavy atom. The highest BCUT2D eigenvalue weighted by Crippen LogP contribution is 2.30. The topological polar surface area (TPSA) is 105 Å². The lowest BCUT2D eigenvalue weighted by Crippen LogP contribution is -2.36. The zero-order chi connectivity index (χ0) is 13.4. The molecule has 0 saturated carbocycles. The molecule has 1 saturated heterocycles. The predicted molar refractivity (Wildman–Crippen MR) is 58.0 cm³/mol. The van der Waals surface area contributed by atoms with Gasteiger partial charge >= 0.3 is 5.69 Å². The van der Waals surface area contributed by atoms with Gasteiger partial charge in [0.2, 0.25) is 0 Å². The van der Waals surface area contributed by atoms with Crippen LogP contribution in [-0.2, 0) is 4.74 Å². The van der Waals surface area contributed by atoms with E-state index >= 15 is 0 Å². The van der Waals surface area contributed by atoms with Crippen molar-refractivity contribution < 1.29 is 19.3 Å². The van der Waals surface area contributed by atoms with Crippen LogP contribution < -0.4 is 11.2 Å². The lowest BCUT2D eigenvalue weighted by atomic mass is 10.1. The Hall–Kier alpha value is -1.51. The molecule has 0 aromatic carbocycles. The minimum atomic E-state index is -1.86. The highest BCUT2D eigenvalue weighted by molar-refractivity contribution is 5.03. The highest BCUT2D eigenvalue weighted by atomic mass is 18.2. The minimum Gasteiger partial charge on any atom is -0.394 e. The molecule has 0 radical (unpaired) electrons.